The Morgan fingerprint density at radius 3 is 2.23 bits per heavy atom. The fourth-order valence-corrected chi connectivity index (χ4v) is 2.99. The average molecular weight is 337 g/mol. The quantitative estimate of drug-likeness (QED) is 0.813. The summed E-state index contributed by atoms with van der Waals surface area (Å²) in [5.74, 6) is -0.803. The van der Waals surface area contributed by atoms with Crippen LogP contribution in [0.2, 0.25) is 0 Å². The van der Waals surface area contributed by atoms with Crippen molar-refractivity contribution in [3.8, 4) is 0 Å². The molecule has 0 radical (unpaired) electrons. The maximum atomic E-state index is 14.1. The number of benzene rings is 1. The first-order valence-corrected chi connectivity index (χ1v) is 8.20. The molecule has 7 heteroatoms. The lowest BCUT2D eigenvalue weighted by molar-refractivity contribution is -0.137. The molecule has 0 spiro atoms. The highest BCUT2D eigenvalue weighted by Crippen LogP contribution is 2.43. The summed E-state index contributed by atoms with van der Waals surface area (Å²) in [6.45, 7) is 5.34. The molecular formula is C15H19F4NOS. The molecule has 1 saturated carbocycles. The number of hydrogen-bond donors (Lipinski definition) is 1. The number of nitrogens with one attached hydrogen (secondary N) is 1. The van der Waals surface area contributed by atoms with Gasteiger partial charge in [-0.3, -0.25) is 0 Å². The minimum atomic E-state index is -4.57. The second kappa shape index (κ2) is 5.92. The van der Waals surface area contributed by atoms with Crippen molar-refractivity contribution < 1.29 is 21.8 Å². The van der Waals surface area contributed by atoms with Crippen molar-refractivity contribution in [1.82, 2.24) is 4.72 Å². The summed E-state index contributed by atoms with van der Waals surface area (Å²) >= 11 is 0. The monoisotopic (exact) mass is 337 g/mol. The Morgan fingerprint density at radius 2 is 1.82 bits per heavy atom. The fraction of sp³-hybridized carbons (Fsp3) is 0.600. The largest absolute Gasteiger partial charge is 0.416 e. The molecule has 1 aromatic rings. The molecule has 1 N–H and O–H groups in total. The second-order valence-corrected chi connectivity index (χ2v) is 8.55. The predicted molar refractivity (Wildman–Crippen MR) is 77.9 cm³/mol. The summed E-state index contributed by atoms with van der Waals surface area (Å²) in [6.07, 6.45) is -2.88. The molecule has 22 heavy (non-hydrogen) atoms. The highest BCUT2D eigenvalue weighted by atomic mass is 32.2. The Labute approximate surface area is 129 Å². The lowest BCUT2D eigenvalue weighted by Crippen LogP contribution is -2.36. The van der Waals surface area contributed by atoms with Crippen LogP contribution < -0.4 is 4.72 Å². The molecule has 0 aliphatic heterocycles. The zero-order valence-corrected chi connectivity index (χ0v) is 13.4. The minimum Gasteiger partial charge on any atom is -0.242 e. The molecule has 2 atom stereocenters. The van der Waals surface area contributed by atoms with Gasteiger partial charge in [-0.15, -0.1) is 0 Å². The fourth-order valence-electron chi connectivity index (χ4n) is 2.09. The van der Waals surface area contributed by atoms with Crippen molar-refractivity contribution in [2.45, 2.75) is 50.6 Å². The van der Waals surface area contributed by atoms with Crippen LogP contribution in [0.25, 0.3) is 0 Å². The molecule has 1 aliphatic carbocycles. The van der Waals surface area contributed by atoms with Crippen molar-refractivity contribution in [3.05, 3.63) is 35.1 Å². The third-order valence-electron chi connectivity index (χ3n) is 3.55. The van der Waals surface area contributed by atoms with Gasteiger partial charge in [0.1, 0.15) is 5.82 Å². The maximum absolute atomic E-state index is 14.1. The van der Waals surface area contributed by atoms with Gasteiger partial charge in [-0.25, -0.2) is 13.3 Å². The van der Waals surface area contributed by atoms with Crippen LogP contribution in [0.1, 0.15) is 50.8 Å². The minimum absolute atomic E-state index is 0.109. The number of halogens is 4. The number of rotatable bonds is 4. The van der Waals surface area contributed by atoms with Crippen molar-refractivity contribution >= 4 is 11.0 Å². The zero-order chi connectivity index (χ0) is 16.7. The first-order valence-electron chi connectivity index (χ1n) is 7.05. The van der Waals surface area contributed by atoms with E-state index in [-0.39, 0.29) is 11.5 Å². The Hall–Kier alpha value is -0.950. The van der Waals surface area contributed by atoms with Crippen molar-refractivity contribution in [2.75, 3.05) is 0 Å². The maximum Gasteiger partial charge on any atom is 0.416 e. The van der Waals surface area contributed by atoms with Crippen LogP contribution in [-0.4, -0.2) is 8.96 Å². The molecular weight excluding hydrogens is 318 g/mol. The molecule has 2 unspecified atom stereocenters. The Kier molecular flexibility index (Phi) is 4.69. The van der Waals surface area contributed by atoms with Crippen LogP contribution in [0.5, 0.6) is 0 Å². The van der Waals surface area contributed by atoms with Crippen molar-refractivity contribution in [2.24, 2.45) is 5.92 Å². The molecule has 0 amide bonds. The summed E-state index contributed by atoms with van der Waals surface area (Å²) in [5.41, 5.74) is -0.867. The summed E-state index contributed by atoms with van der Waals surface area (Å²) in [4.78, 5) is 0. The van der Waals surface area contributed by atoms with E-state index in [4.69, 9.17) is 0 Å². The predicted octanol–water partition coefficient (Wildman–Crippen LogP) is 4.35. The van der Waals surface area contributed by atoms with Gasteiger partial charge in [0.05, 0.1) is 27.3 Å². The van der Waals surface area contributed by atoms with Crippen molar-refractivity contribution in [1.29, 1.82) is 0 Å². The number of hydrogen-bond acceptors (Lipinski definition) is 1. The van der Waals surface area contributed by atoms with Crippen LogP contribution in [-0.2, 0) is 17.2 Å². The average Bonchev–Trinajstić information content (AvgIpc) is 3.17. The molecule has 0 saturated heterocycles. The van der Waals surface area contributed by atoms with E-state index in [0.717, 1.165) is 25.0 Å². The molecule has 1 aromatic carbocycles. The lowest BCUT2D eigenvalue weighted by atomic mass is 10.0. The van der Waals surface area contributed by atoms with Gasteiger partial charge in [-0.1, -0.05) is 6.07 Å². The summed E-state index contributed by atoms with van der Waals surface area (Å²) in [6, 6.07) is 2.00. The summed E-state index contributed by atoms with van der Waals surface area (Å²) < 4.78 is 66.5. The van der Waals surface area contributed by atoms with Gasteiger partial charge >= 0.3 is 6.18 Å². The van der Waals surface area contributed by atoms with Gasteiger partial charge in [0.2, 0.25) is 0 Å². The first kappa shape index (κ1) is 17.4. The molecule has 1 aliphatic rings. The first-order chi connectivity index (χ1) is 10.00. The van der Waals surface area contributed by atoms with Crippen molar-refractivity contribution in [3.63, 3.8) is 0 Å². The normalized spacial score (nSPS) is 19.0. The van der Waals surface area contributed by atoms with Gasteiger partial charge in [-0.05, 0) is 51.7 Å². The van der Waals surface area contributed by atoms with Crippen LogP contribution in [0.3, 0.4) is 0 Å². The van der Waals surface area contributed by atoms with E-state index in [0.29, 0.717) is 6.07 Å². The van der Waals surface area contributed by atoms with Crippen LogP contribution in [0.15, 0.2) is 18.2 Å². The standard InChI is InChI=1S/C15H19F4NOS/c1-14(2,3)22(21)20-13(9-4-5-9)11-7-6-10(8-12(11)16)15(17,18)19/h6-9,13,20H,4-5H2,1-3H3. The molecule has 124 valence electrons. The molecule has 0 heterocycles. The lowest BCUT2D eigenvalue weighted by Gasteiger charge is -2.25. The van der Waals surface area contributed by atoms with Gasteiger partial charge < -0.3 is 0 Å². The van der Waals surface area contributed by atoms with Gasteiger partial charge in [0.25, 0.3) is 0 Å². The van der Waals surface area contributed by atoms with Crippen LogP contribution >= 0.6 is 0 Å². The Bertz CT molecular complexity index is 576. The summed E-state index contributed by atoms with van der Waals surface area (Å²) in [5, 5.41) is 0. The third-order valence-corrected chi connectivity index (χ3v) is 5.13. The van der Waals surface area contributed by atoms with E-state index in [1.54, 1.807) is 20.8 Å². The highest BCUT2D eigenvalue weighted by molar-refractivity contribution is 7.84. The third kappa shape index (κ3) is 4.07. The van der Waals surface area contributed by atoms with E-state index in [9.17, 15) is 21.8 Å². The Balaban J connectivity index is 2.28. The molecule has 2 nitrogen and oxygen atoms in total. The van der Waals surface area contributed by atoms with Crippen LogP contribution in [0.4, 0.5) is 17.6 Å². The van der Waals surface area contributed by atoms with E-state index in [1.807, 2.05) is 0 Å². The van der Waals surface area contributed by atoms with Gasteiger partial charge in [0.15, 0.2) is 0 Å². The molecule has 1 fully saturated rings. The number of alkyl halides is 3. The smallest absolute Gasteiger partial charge is 0.242 e. The summed E-state index contributed by atoms with van der Waals surface area (Å²) in [7, 11) is -1.42. The van der Waals surface area contributed by atoms with E-state index in [2.05, 4.69) is 4.72 Å². The molecule has 2 rings (SSSR count). The van der Waals surface area contributed by atoms with E-state index >= 15 is 0 Å². The zero-order valence-electron chi connectivity index (χ0n) is 12.6. The Morgan fingerprint density at radius 1 is 1.23 bits per heavy atom. The van der Waals surface area contributed by atoms with Crippen LogP contribution in [0, 0.1) is 11.7 Å². The topological polar surface area (TPSA) is 29.1 Å². The van der Waals surface area contributed by atoms with Gasteiger partial charge in [0, 0.05) is 5.56 Å². The van der Waals surface area contributed by atoms with E-state index < -0.39 is 39.3 Å². The molecule has 0 aromatic heterocycles. The highest BCUT2D eigenvalue weighted by Gasteiger charge is 2.38. The molecule has 0 bridgehead atoms. The van der Waals surface area contributed by atoms with E-state index in [1.165, 1.54) is 0 Å². The SMILES string of the molecule is CC(C)(C)S(=O)NC(c1ccc(C(F)(F)F)cc1F)C1CC1. The van der Waals surface area contributed by atoms with Gasteiger partial charge in [-0.2, -0.15) is 13.2 Å². The second-order valence-electron chi connectivity index (χ2n) is 6.55.